The maximum Gasteiger partial charge on any atom is 0.271 e. The van der Waals surface area contributed by atoms with E-state index in [1.54, 1.807) is 0 Å². The monoisotopic (exact) mass is 380 g/mol. The topological polar surface area (TPSA) is 90.7 Å². The molecule has 0 radical (unpaired) electrons. The van der Waals surface area contributed by atoms with Gasteiger partial charge < -0.3 is 14.8 Å². The fourth-order valence-corrected chi connectivity index (χ4v) is 2.85. The quantitative estimate of drug-likeness (QED) is 0.479. The van der Waals surface area contributed by atoms with Gasteiger partial charge in [-0.05, 0) is 35.4 Å². The lowest BCUT2D eigenvalue weighted by Crippen LogP contribution is -2.32. The molecule has 3 aromatic rings. The molecule has 7 nitrogen and oxygen atoms in total. The van der Waals surface area contributed by atoms with E-state index in [-0.39, 0.29) is 11.4 Å². The Hall–Kier alpha value is -3.61. The van der Waals surface area contributed by atoms with Gasteiger partial charge in [0.2, 0.25) is 0 Å². The van der Waals surface area contributed by atoms with Crippen LogP contribution in [0.5, 0.6) is 11.5 Å². The van der Waals surface area contributed by atoms with E-state index in [1.807, 2.05) is 49.4 Å². The molecule has 1 amide bonds. The molecule has 0 fully saturated rings. The van der Waals surface area contributed by atoms with Crippen LogP contribution in [0, 0.1) is 10.1 Å². The first-order chi connectivity index (χ1) is 13.5. The zero-order valence-electron chi connectivity index (χ0n) is 15.5. The van der Waals surface area contributed by atoms with Crippen molar-refractivity contribution in [2.75, 3.05) is 12.4 Å². The third-order valence-electron chi connectivity index (χ3n) is 4.31. The number of ether oxygens (including phenoxy) is 2. The van der Waals surface area contributed by atoms with Crippen LogP contribution < -0.4 is 14.8 Å². The number of carbonyl (C=O) groups excluding carboxylic acids is 1. The van der Waals surface area contributed by atoms with Gasteiger partial charge in [0.25, 0.3) is 11.6 Å². The number of nitro groups is 1. The first-order valence-corrected chi connectivity index (χ1v) is 8.80. The minimum Gasteiger partial charge on any atom is -0.495 e. The fourth-order valence-electron chi connectivity index (χ4n) is 2.85. The second kappa shape index (κ2) is 8.39. The second-order valence-corrected chi connectivity index (χ2v) is 6.15. The van der Waals surface area contributed by atoms with Crippen LogP contribution >= 0.6 is 0 Å². The Labute approximate surface area is 162 Å². The molecule has 1 N–H and O–H groups in total. The van der Waals surface area contributed by atoms with Crippen LogP contribution in [-0.2, 0) is 4.79 Å². The number of rotatable bonds is 7. The number of amides is 1. The Kier molecular flexibility index (Phi) is 5.74. The van der Waals surface area contributed by atoms with Crippen molar-refractivity contribution in [3.63, 3.8) is 0 Å². The van der Waals surface area contributed by atoms with Crippen LogP contribution in [0.15, 0.2) is 60.7 Å². The van der Waals surface area contributed by atoms with E-state index >= 15 is 0 Å². The lowest BCUT2D eigenvalue weighted by atomic mass is 10.1. The number of methoxy groups -OCH3 is 1. The van der Waals surface area contributed by atoms with Gasteiger partial charge in [-0.3, -0.25) is 14.9 Å². The first-order valence-electron chi connectivity index (χ1n) is 8.80. The third kappa shape index (κ3) is 4.20. The molecule has 0 bridgehead atoms. The first kappa shape index (κ1) is 19.2. The molecule has 0 aliphatic heterocycles. The predicted octanol–water partition coefficient (Wildman–Crippen LogP) is 4.55. The number of hydrogen-bond donors (Lipinski definition) is 1. The number of nitrogens with zero attached hydrogens (tertiary/aromatic N) is 1. The van der Waals surface area contributed by atoms with E-state index in [4.69, 9.17) is 9.47 Å². The highest BCUT2D eigenvalue weighted by Crippen LogP contribution is 2.29. The molecule has 3 rings (SSSR count). The molecular weight excluding hydrogens is 360 g/mol. The minimum absolute atomic E-state index is 0.139. The summed E-state index contributed by atoms with van der Waals surface area (Å²) in [5.74, 6) is 0.501. The third-order valence-corrected chi connectivity index (χ3v) is 4.31. The van der Waals surface area contributed by atoms with Crippen LogP contribution in [0.3, 0.4) is 0 Å². The van der Waals surface area contributed by atoms with Gasteiger partial charge in [0.05, 0.1) is 17.7 Å². The number of nitrogens with one attached hydrogen (secondary N) is 1. The number of nitro benzene ring substituents is 1. The summed E-state index contributed by atoms with van der Waals surface area (Å²) in [6.45, 7) is 1.83. The van der Waals surface area contributed by atoms with Gasteiger partial charge in [-0.15, -0.1) is 0 Å². The number of hydrogen-bond acceptors (Lipinski definition) is 5. The summed E-state index contributed by atoms with van der Waals surface area (Å²) in [4.78, 5) is 23.2. The molecule has 0 aliphatic rings. The fraction of sp³-hybridized carbons (Fsp3) is 0.190. The minimum atomic E-state index is -0.759. The molecule has 0 saturated heterocycles. The van der Waals surface area contributed by atoms with Crippen molar-refractivity contribution in [2.24, 2.45) is 0 Å². The zero-order valence-corrected chi connectivity index (χ0v) is 15.5. The Morgan fingerprint density at radius 2 is 1.86 bits per heavy atom. The number of benzene rings is 3. The van der Waals surface area contributed by atoms with E-state index < -0.39 is 16.9 Å². The summed E-state index contributed by atoms with van der Waals surface area (Å²) in [6.07, 6.45) is -0.333. The summed E-state index contributed by atoms with van der Waals surface area (Å²) >= 11 is 0. The Bertz CT molecular complexity index is 1020. The van der Waals surface area contributed by atoms with Crippen molar-refractivity contribution in [3.8, 4) is 11.5 Å². The highest BCUT2D eigenvalue weighted by Gasteiger charge is 2.21. The Balaban J connectivity index is 1.79. The van der Waals surface area contributed by atoms with E-state index in [0.717, 1.165) is 10.8 Å². The molecule has 7 heteroatoms. The molecule has 0 aliphatic carbocycles. The Morgan fingerprint density at radius 1 is 1.11 bits per heavy atom. The van der Waals surface area contributed by atoms with Crippen molar-refractivity contribution in [3.05, 3.63) is 70.8 Å². The summed E-state index contributed by atoms with van der Waals surface area (Å²) in [5.41, 5.74) is 0.0851. The number of non-ortho nitro benzene ring substituents is 1. The zero-order chi connectivity index (χ0) is 20.1. The van der Waals surface area contributed by atoms with Crippen molar-refractivity contribution in [2.45, 2.75) is 19.4 Å². The summed E-state index contributed by atoms with van der Waals surface area (Å²) in [5, 5.41) is 15.8. The van der Waals surface area contributed by atoms with Gasteiger partial charge in [-0.1, -0.05) is 37.3 Å². The van der Waals surface area contributed by atoms with Gasteiger partial charge in [0.15, 0.2) is 6.10 Å². The van der Waals surface area contributed by atoms with Gasteiger partial charge in [-0.25, -0.2) is 0 Å². The smallest absolute Gasteiger partial charge is 0.271 e. The van der Waals surface area contributed by atoms with E-state index in [9.17, 15) is 14.9 Å². The van der Waals surface area contributed by atoms with Gasteiger partial charge in [-0.2, -0.15) is 0 Å². The molecule has 1 atom stereocenters. The number of carbonyl (C=O) groups is 1. The molecule has 28 heavy (non-hydrogen) atoms. The van der Waals surface area contributed by atoms with Crippen LogP contribution in [0.1, 0.15) is 13.3 Å². The summed E-state index contributed by atoms with van der Waals surface area (Å²) < 4.78 is 11.1. The van der Waals surface area contributed by atoms with Gasteiger partial charge >= 0.3 is 0 Å². The lowest BCUT2D eigenvalue weighted by Gasteiger charge is -2.18. The van der Waals surface area contributed by atoms with Crippen molar-refractivity contribution >= 4 is 28.1 Å². The normalized spacial score (nSPS) is 11.6. The molecule has 0 spiro atoms. The lowest BCUT2D eigenvalue weighted by molar-refractivity contribution is -0.384. The highest BCUT2D eigenvalue weighted by molar-refractivity contribution is 5.96. The van der Waals surface area contributed by atoms with E-state index in [1.165, 1.54) is 25.3 Å². The van der Waals surface area contributed by atoms with Crippen molar-refractivity contribution < 1.29 is 19.2 Å². The van der Waals surface area contributed by atoms with Crippen LogP contribution in [0.2, 0.25) is 0 Å². The molecule has 144 valence electrons. The highest BCUT2D eigenvalue weighted by atomic mass is 16.6. The summed E-state index contributed by atoms with van der Waals surface area (Å²) in [7, 11) is 1.43. The van der Waals surface area contributed by atoms with E-state index in [2.05, 4.69) is 5.32 Å². The molecule has 0 heterocycles. The largest absolute Gasteiger partial charge is 0.495 e. The number of anilines is 1. The van der Waals surface area contributed by atoms with Crippen LogP contribution in [0.4, 0.5) is 11.4 Å². The maximum absolute atomic E-state index is 12.7. The molecule has 0 saturated carbocycles. The standard InChI is InChI=1S/C21H20N2O5/c1-3-19(28-17-10-8-14-6-4-5-7-15(14)12-17)21(24)22-18-13-16(23(25)26)9-11-20(18)27-2/h4-13,19H,3H2,1-2H3,(H,22,24)/t19-/m0/s1. The van der Waals surface area contributed by atoms with E-state index in [0.29, 0.717) is 17.9 Å². The molecule has 0 unspecified atom stereocenters. The van der Waals surface area contributed by atoms with Crippen LogP contribution in [-0.4, -0.2) is 24.0 Å². The molecule has 0 aromatic heterocycles. The second-order valence-electron chi connectivity index (χ2n) is 6.15. The average molecular weight is 380 g/mol. The predicted molar refractivity (Wildman–Crippen MR) is 107 cm³/mol. The summed E-state index contributed by atoms with van der Waals surface area (Å²) in [6, 6.07) is 17.5. The molecule has 3 aromatic carbocycles. The average Bonchev–Trinajstić information content (AvgIpc) is 2.71. The maximum atomic E-state index is 12.7. The van der Waals surface area contributed by atoms with Gasteiger partial charge in [0.1, 0.15) is 11.5 Å². The number of fused-ring (bicyclic) bond motifs is 1. The van der Waals surface area contributed by atoms with Gasteiger partial charge in [0, 0.05) is 12.1 Å². The Morgan fingerprint density at radius 3 is 2.54 bits per heavy atom. The van der Waals surface area contributed by atoms with Crippen molar-refractivity contribution in [1.29, 1.82) is 0 Å². The SMILES string of the molecule is CC[C@H](Oc1ccc2ccccc2c1)C(=O)Nc1cc([N+](=O)[O-])ccc1OC. The van der Waals surface area contributed by atoms with Crippen molar-refractivity contribution in [1.82, 2.24) is 0 Å². The molecular formula is C21H20N2O5. The van der Waals surface area contributed by atoms with Crippen LogP contribution in [0.25, 0.3) is 10.8 Å².